The van der Waals surface area contributed by atoms with Gasteiger partial charge in [0.2, 0.25) is 0 Å². The van der Waals surface area contributed by atoms with Crippen molar-refractivity contribution in [1.82, 2.24) is 29.9 Å². The average Bonchev–Trinajstić information content (AvgIpc) is 3.13. The van der Waals surface area contributed by atoms with Crippen molar-refractivity contribution in [3.63, 3.8) is 0 Å². The molecule has 1 saturated heterocycles. The lowest BCUT2D eigenvalue weighted by atomic mass is 9.92. The highest BCUT2D eigenvalue weighted by atomic mass is 16.1. The second-order valence-corrected chi connectivity index (χ2v) is 7.73. The van der Waals surface area contributed by atoms with Gasteiger partial charge < -0.3 is 0 Å². The number of H-pyrrole nitrogens is 2. The first-order valence-corrected chi connectivity index (χ1v) is 8.80. The first-order chi connectivity index (χ1) is 11.4. The molecule has 0 bridgehead atoms. The first-order valence-electron chi connectivity index (χ1n) is 8.80. The molecule has 2 aromatic rings. The minimum absolute atomic E-state index is 0.0609. The van der Waals surface area contributed by atoms with E-state index in [1.807, 2.05) is 6.92 Å². The summed E-state index contributed by atoms with van der Waals surface area (Å²) in [5.74, 6) is 1.20. The maximum absolute atomic E-state index is 11.8. The molecule has 0 amide bonds. The van der Waals surface area contributed by atoms with Crippen LogP contribution in [0.4, 0.5) is 0 Å². The molecule has 0 aliphatic carbocycles. The van der Waals surface area contributed by atoms with E-state index in [-0.39, 0.29) is 11.1 Å². The van der Waals surface area contributed by atoms with Gasteiger partial charge >= 0.3 is 5.69 Å². The van der Waals surface area contributed by atoms with Crippen LogP contribution in [-0.2, 0) is 18.5 Å². The maximum Gasteiger partial charge on any atom is 0.343 e. The molecule has 0 unspecified atom stereocenters. The summed E-state index contributed by atoms with van der Waals surface area (Å²) in [7, 11) is 0. The van der Waals surface area contributed by atoms with Crippen LogP contribution in [0.5, 0.6) is 0 Å². The van der Waals surface area contributed by atoms with Crippen LogP contribution in [0.1, 0.15) is 63.7 Å². The second kappa shape index (κ2) is 6.55. The molecular weight excluding hydrogens is 304 g/mol. The van der Waals surface area contributed by atoms with Crippen molar-refractivity contribution in [1.29, 1.82) is 0 Å². The van der Waals surface area contributed by atoms with Gasteiger partial charge in [0.05, 0.1) is 5.69 Å². The molecule has 24 heavy (non-hydrogen) atoms. The fourth-order valence-electron chi connectivity index (χ4n) is 3.42. The van der Waals surface area contributed by atoms with Crippen LogP contribution < -0.4 is 5.69 Å². The van der Waals surface area contributed by atoms with Crippen LogP contribution in [0.25, 0.3) is 0 Å². The van der Waals surface area contributed by atoms with Crippen LogP contribution in [-0.4, -0.2) is 43.0 Å². The number of rotatable bonds is 4. The van der Waals surface area contributed by atoms with Crippen molar-refractivity contribution in [2.75, 3.05) is 13.1 Å². The van der Waals surface area contributed by atoms with Gasteiger partial charge in [0.15, 0.2) is 0 Å². The average molecular weight is 332 g/mol. The normalized spacial score (nSPS) is 19.8. The molecule has 0 spiro atoms. The van der Waals surface area contributed by atoms with E-state index < -0.39 is 0 Å². The van der Waals surface area contributed by atoms with Gasteiger partial charge in [0, 0.05) is 36.7 Å². The molecule has 1 aliphatic rings. The van der Waals surface area contributed by atoms with Crippen molar-refractivity contribution in [3.05, 3.63) is 33.8 Å². The fourth-order valence-corrected chi connectivity index (χ4v) is 3.42. The highest BCUT2D eigenvalue weighted by molar-refractivity contribution is 5.16. The number of aromatic amines is 2. The van der Waals surface area contributed by atoms with Crippen LogP contribution in [0.15, 0.2) is 10.9 Å². The Balaban J connectivity index is 1.70. The lowest BCUT2D eigenvalue weighted by molar-refractivity contribution is 0.192. The summed E-state index contributed by atoms with van der Waals surface area (Å²) in [6.07, 6.45) is 2.20. The molecule has 0 aromatic carbocycles. The Bertz CT molecular complexity index is 735. The smallest absolute Gasteiger partial charge is 0.297 e. The standard InChI is InChI=1S/C17H28N6O/c1-5-23-15(20-21-16(23)24)12-7-6-8-22(10-12)11-13-9-14(19-18-13)17(2,3)4/h9,12H,5-8,10-11H2,1-4H3,(H,18,19)(H,21,24)/t12-/m0/s1. The molecule has 2 N–H and O–H groups in total. The number of likely N-dealkylation sites (tertiary alicyclic amines) is 1. The van der Waals surface area contributed by atoms with Gasteiger partial charge in [-0.25, -0.2) is 9.89 Å². The van der Waals surface area contributed by atoms with Crippen LogP contribution in [0, 0.1) is 0 Å². The Labute approximate surface area is 142 Å². The highest BCUT2D eigenvalue weighted by Gasteiger charge is 2.26. The number of nitrogens with one attached hydrogen (secondary N) is 2. The van der Waals surface area contributed by atoms with Crippen LogP contribution in [0.2, 0.25) is 0 Å². The van der Waals surface area contributed by atoms with Crippen LogP contribution >= 0.6 is 0 Å². The first kappa shape index (κ1) is 17.0. The lowest BCUT2D eigenvalue weighted by Crippen LogP contribution is -2.35. The Hall–Kier alpha value is -1.89. The van der Waals surface area contributed by atoms with Gasteiger partial charge in [-0.1, -0.05) is 20.8 Å². The molecule has 132 valence electrons. The van der Waals surface area contributed by atoms with Crippen LogP contribution in [0.3, 0.4) is 0 Å². The Morgan fingerprint density at radius 3 is 2.75 bits per heavy atom. The predicted octanol–water partition coefficient (Wildman–Crippen LogP) is 1.99. The Kier molecular flexibility index (Phi) is 4.62. The zero-order valence-electron chi connectivity index (χ0n) is 15.1. The van der Waals surface area contributed by atoms with Crippen molar-refractivity contribution in [2.45, 2.75) is 65.0 Å². The highest BCUT2D eigenvalue weighted by Crippen LogP contribution is 2.26. The van der Waals surface area contributed by atoms with E-state index in [1.165, 1.54) is 0 Å². The van der Waals surface area contributed by atoms with Crippen molar-refractivity contribution in [3.8, 4) is 0 Å². The molecule has 0 radical (unpaired) electrons. The van der Waals surface area contributed by atoms with Gasteiger partial charge in [-0.15, -0.1) is 0 Å². The summed E-state index contributed by atoms with van der Waals surface area (Å²) < 4.78 is 1.75. The van der Waals surface area contributed by atoms with Crippen molar-refractivity contribution < 1.29 is 0 Å². The number of aromatic nitrogens is 5. The Morgan fingerprint density at radius 2 is 2.08 bits per heavy atom. The zero-order valence-corrected chi connectivity index (χ0v) is 15.1. The van der Waals surface area contributed by atoms with Gasteiger partial charge in [-0.3, -0.25) is 14.6 Å². The largest absolute Gasteiger partial charge is 0.343 e. The molecule has 7 nitrogen and oxygen atoms in total. The minimum Gasteiger partial charge on any atom is -0.297 e. The Morgan fingerprint density at radius 1 is 1.29 bits per heavy atom. The molecule has 7 heteroatoms. The molecule has 0 saturated carbocycles. The third-order valence-corrected chi connectivity index (χ3v) is 4.77. The van der Waals surface area contributed by atoms with E-state index in [2.05, 4.69) is 52.1 Å². The van der Waals surface area contributed by atoms with E-state index in [9.17, 15) is 4.79 Å². The van der Waals surface area contributed by atoms with Crippen molar-refractivity contribution in [2.24, 2.45) is 0 Å². The SMILES string of the molecule is CCn1c([C@H]2CCCN(Cc3cc(C(C)(C)C)n[nH]3)C2)n[nH]c1=O. The third-order valence-electron chi connectivity index (χ3n) is 4.77. The summed E-state index contributed by atoms with van der Waals surface area (Å²) >= 11 is 0. The lowest BCUT2D eigenvalue weighted by Gasteiger charge is -2.31. The summed E-state index contributed by atoms with van der Waals surface area (Å²) in [5, 5.41) is 14.5. The molecule has 1 aliphatic heterocycles. The van der Waals surface area contributed by atoms with E-state index in [1.54, 1.807) is 4.57 Å². The topological polar surface area (TPSA) is 82.6 Å². The molecule has 2 aromatic heterocycles. The predicted molar refractivity (Wildman–Crippen MR) is 93.1 cm³/mol. The van der Waals surface area contributed by atoms with Gasteiger partial charge in [0.1, 0.15) is 5.82 Å². The van der Waals surface area contributed by atoms with Gasteiger partial charge in [-0.2, -0.15) is 10.2 Å². The molecule has 1 fully saturated rings. The molecule has 3 heterocycles. The number of hydrogen-bond donors (Lipinski definition) is 2. The number of nitrogens with zero attached hydrogens (tertiary/aromatic N) is 4. The number of hydrogen-bond acceptors (Lipinski definition) is 4. The third kappa shape index (κ3) is 3.45. The second-order valence-electron chi connectivity index (χ2n) is 7.73. The zero-order chi connectivity index (χ0) is 17.3. The van der Waals surface area contributed by atoms with E-state index in [0.717, 1.165) is 49.7 Å². The molecular formula is C17H28N6O. The van der Waals surface area contributed by atoms with Gasteiger partial charge in [0.25, 0.3) is 0 Å². The quantitative estimate of drug-likeness (QED) is 0.897. The maximum atomic E-state index is 11.8. The van der Waals surface area contributed by atoms with Gasteiger partial charge in [-0.05, 0) is 32.4 Å². The number of piperidine rings is 1. The molecule has 3 rings (SSSR count). The summed E-state index contributed by atoms with van der Waals surface area (Å²) in [6, 6.07) is 2.17. The monoisotopic (exact) mass is 332 g/mol. The summed E-state index contributed by atoms with van der Waals surface area (Å²) in [4.78, 5) is 14.2. The summed E-state index contributed by atoms with van der Waals surface area (Å²) in [5.41, 5.74) is 2.20. The summed E-state index contributed by atoms with van der Waals surface area (Å²) in [6.45, 7) is 12.0. The van der Waals surface area contributed by atoms with E-state index in [4.69, 9.17) is 0 Å². The van der Waals surface area contributed by atoms with E-state index in [0.29, 0.717) is 12.5 Å². The minimum atomic E-state index is -0.104. The molecule has 1 atom stereocenters. The van der Waals surface area contributed by atoms with Crippen molar-refractivity contribution >= 4 is 0 Å². The van der Waals surface area contributed by atoms with E-state index >= 15 is 0 Å². The fraction of sp³-hybridized carbons (Fsp3) is 0.706.